The van der Waals surface area contributed by atoms with Gasteiger partial charge in [0.1, 0.15) is 5.69 Å². The molecule has 1 aliphatic heterocycles. The standard InChI is InChI=1S/C22H25N3O3/c1-3-16-6-9-20(24-14-16)21(26)25(19-10-12-23-13-11-19)15-17-4-7-18(8-5-17)22(27)28-2/h3-9,14,19,23H,1,10-13,15H2,2H3. The molecule has 28 heavy (non-hydrogen) atoms. The van der Waals surface area contributed by atoms with Crippen molar-refractivity contribution in [3.63, 3.8) is 0 Å². The Hall–Kier alpha value is -2.99. The third kappa shape index (κ3) is 4.64. The number of hydrogen-bond acceptors (Lipinski definition) is 5. The lowest BCUT2D eigenvalue weighted by molar-refractivity contribution is 0.0595. The Labute approximate surface area is 165 Å². The van der Waals surface area contributed by atoms with Crippen LogP contribution in [0.4, 0.5) is 0 Å². The summed E-state index contributed by atoms with van der Waals surface area (Å²) >= 11 is 0. The fraction of sp³-hybridized carbons (Fsp3) is 0.318. The molecule has 1 fully saturated rings. The van der Waals surface area contributed by atoms with E-state index in [4.69, 9.17) is 4.74 Å². The number of nitrogens with zero attached hydrogens (tertiary/aromatic N) is 2. The van der Waals surface area contributed by atoms with E-state index < -0.39 is 0 Å². The van der Waals surface area contributed by atoms with Gasteiger partial charge in [0, 0.05) is 18.8 Å². The molecule has 3 rings (SSSR count). The summed E-state index contributed by atoms with van der Waals surface area (Å²) in [6.45, 7) is 5.96. The van der Waals surface area contributed by atoms with E-state index in [-0.39, 0.29) is 17.9 Å². The molecule has 146 valence electrons. The summed E-state index contributed by atoms with van der Waals surface area (Å²) < 4.78 is 4.74. The molecule has 2 heterocycles. The highest BCUT2D eigenvalue weighted by Gasteiger charge is 2.27. The highest BCUT2D eigenvalue weighted by atomic mass is 16.5. The third-order valence-corrected chi connectivity index (χ3v) is 4.98. The van der Waals surface area contributed by atoms with Crippen LogP contribution in [0.1, 0.15) is 44.8 Å². The molecule has 1 aliphatic rings. The fourth-order valence-electron chi connectivity index (χ4n) is 3.35. The molecule has 1 amide bonds. The number of nitrogens with one attached hydrogen (secondary N) is 1. The second-order valence-corrected chi connectivity index (χ2v) is 6.78. The van der Waals surface area contributed by atoms with E-state index in [1.165, 1.54) is 7.11 Å². The van der Waals surface area contributed by atoms with Crippen molar-refractivity contribution >= 4 is 18.0 Å². The van der Waals surface area contributed by atoms with Gasteiger partial charge in [-0.1, -0.05) is 30.9 Å². The maximum absolute atomic E-state index is 13.2. The molecule has 0 saturated carbocycles. The molecular weight excluding hydrogens is 354 g/mol. The second-order valence-electron chi connectivity index (χ2n) is 6.78. The zero-order chi connectivity index (χ0) is 19.9. The van der Waals surface area contributed by atoms with Crippen LogP contribution in [0.3, 0.4) is 0 Å². The van der Waals surface area contributed by atoms with Crippen molar-refractivity contribution in [2.24, 2.45) is 0 Å². The SMILES string of the molecule is C=Cc1ccc(C(=O)N(Cc2ccc(C(=O)OC)cc2)C2CCNCC2)nc1. The first-order valence-electron chi connectivity index (χ1n) is 9.40. The smallest absolute Gasteiger partial charge is 0.337 e. The number of methoxy groups -OCH3 is 1. The van der Waals surface area contributed by atoms with Crippen LogP contribution in [-0.2, 0) is 11.3 Å². The number of piperidine rings is 1. The van der Waals surface area contributed by atoms with Crippen LogP contribution in [0.2, 0.25) is 0 Å². The minimum absolute atomic E-state index is 0.0837. The monoisotopic (exact) mass is 379 g/mol. The first kappa shape index (κ1) is 19.8. The lowest BCUT2D eigenvalue weighted by Crippen LogP contribution is -2.46. The van der Waals surface area contributed by atoms with Gasteiger partial charge in [0.15, 0.2) is 0 Å². The molecule has 0 atom stereocenters. The lowest BCUT2D eigenvalue weighted by atomic mass is 10.0. The van der Waals surface area contributed by atoms with Crippen molar-refractivity contribution in [2.75, 3.05) is 20.2 Å². The first-order chi connectivity index (χ1) is 13.6. The molecule has 1 N–H and O–H groups in total. The van der Waals surface area contributed by atoms with Gasteiger partial charge >= 0.3 is 5.97 Å². The van der Waals surface area contributed by atoms with Gasteiger partial charge in [0.25, 0.3) is 5.91 Å². The Balaban J connectivity index is 1.82. The molecule has 1 saturated heterocycles. The average Bonchev–Trinajstić information content (AvgIpc) is 2.77. The van der Waals surface area contributed by atoms with Crippen LogP contribution >= 0.6 is 0 Å². The number of ether oxygens (including phenoxy) is 1. The van der Waals surface area contributed by atoms with Gasteiger partial charge in [0.2, 0.25) is 0 Å². The van der Waals surface area contributed by atoms with Crippen molar-refractivity contribution in [1.29, 1.82) is 0 Å². The maximum atomic E-state index is 13.2. The van der Waals surface area contributed by atoms with E-state index >= 15 is 0 Å². The van der Waals surface area contributed by atoms with Crippen LogP contribution in [0.5, 0.6) is 0 Å². The van der Waals surface area contributed by atoms with Crippen LogP contribution in [0.15, 0.2) is 49.2 Å². The predicted octanol–water partition coefficient (Wildman–Crippen LogP) is 2.91. The van der Waals surface area contributed by atoms with E-state index in [2.05, 4.69) is 16.9 Å². The molecule has 0 spiro atoms. The largest absolute Gasteiger partial charge is 0.465 e. The van der Waals surface area contributed by atoms with Crippen molar-refractivity contribution in [2.45, 2.75) is 25.4 Å². The van der Waals surface area contributed by atoms with Gasteiger partial charge in [-0.05, 0) is 55.3 Å². The quantitative estimate of drug-likeness (QED) is 0.782. The number of benzene rings is 1. The minimum atomic E-state index is -0.371. The predicted molar refractivity (Wildman–Crippen MR) is 108 cm³/mol. The molecule has 6 nitrogen and oxygen atoms in total. The second kappa shape index (κ2) is 9.28. The van der Waals surface area contributed by atoms with E-state index in [1.807, 2.05) is 23.1 Å². The topological polar surface area (TPSA) is 71.5 Å². The number of amides is 1. The van der Waals surface area contributed by atoms with E-state index in [1.54, 1.807) is 30.5 Å². The minimum Gasteiger partial charge on any atom is -0.465 e. The normalized spacial score (nSPS) is 14.3. The van der Waals surface area contributed by atoms with Crippen molar-refractivity contribution in [3.8, 4) is 0 Å². The van der Waals surface area contributed by atoms with Crippen molar-refractivity contribution < 1.29 is 14.3 Å². The van der Waals surface area contributed by atoms with Crippen LogP contribution in [-0.4, -0.2) is 48.0 Å². The summed E-state index contributed by atoms with van der Waals surface area (Å²) in [6.07, 6.45) is 5.16. The van der Waals surface area contributed by atoms with Gasteiger partial charge in [-0.3, -0.25) is 9.78 Å². The summed E-state index contributed by atoms with van der Waals surface area (Å²) in [5.74, 6) is -0.455. The van der Waals surface area contributed by atoms with Crippen molar-refractivity contribution in [1.82, 2.24) is 15.2 Å². The Morgan fingerprint density at radius 1 is 1.21 bits per heavy atom. The summed E-state index contributed by atoms with van der Waals surface area (Å²) in [5.41, 5.74) is 2.76. The van der Waals surface area contributed by atoms with Crippen LogP contribution < -0.4 is 5.32 Å². The van der Waals surface area contributed by atoms with Crippen LogP contribution in [0.25, 0.3) is 6.08 Å². The van der Waals surface area contributed by atoms with Gasteiger partial charge in [-0.2, -0.15) is 0 Å². The zero-order valence-electron chi connectivity index (χ0n) is 16.1. The molecule has 0 radical (unpaired) electrons. The van der Waals surface area contributed by atoms with E-state index in [0.717, 1.165) is 37.1 Å². The van der Waals surface area contributed by atoms with Gasteiger partial charge in [-0.25, -0.2) is 4.79 Å². The summed E-state index contributed by atoms with van der Waals surface area (Å²) in [7, 11) is 1.36. The van der Waals surface area contributed by atoms with Gasteiger partial charge in [0.05, 0.1) is 12.7 Å². The first-order valence-corrected chi connectivity index (χ1v) is 9.40. The summed E-state index contributed by atoms with van der Waals surface area (Å²) in [4.78, 5) is 31.1. The fourth-order valence-corrected chi connectivity index (χ4v) is 3.35. The van der Waals surface area contributed by atoms with Crippen molar-refractivity contribution in [3.05, 3.63) is 71.6 Å². The van der Waals surface area contributed by atoms with Crippen LogP contribution in [0, 0.1) is 0 Å². The molecule has 0 aliphatic carbocycles. The molecule has 0 unspecified atom stereocenters. The number of carbonyl (C=O) groups excluding carboxylic acids is 2. The Bertz CT molecular complexity index is 825. The molecule has 0 bridgehead atoms. The van der Waals surface area contributed by atoms with E-state index in [0.29, 0.717) is 17.8 Å². The maximum Gasteiger partial charge on any atom is 0.337 e. The molecular formula is C22H25N3O3. The number of esters is 1. The number of aromatic nitrogens is 1. The molecule has 1 aromatic carbocycles. The number of carbonyl (C=O) groups is 2. The number of hydrogen-bond donors (Lipinski definition) is 1. The van der Waals surface area contributed by atoms with Gasteiger partial charge in [-0.15, -0.1) is 0 Å². The molecule has 6 heteroatoms. The number of pyridine rings is 1. The third-order valence-electron chi connectivity index (χ3n) is 4.98. The molecule has 1 aromatic heterocycles. The lowest BCUT2D eigenvalue weighted by Gasteiger charge is -2.34. The summed E-state index contributed by atoms with van der Waals surface area (Å²) in [5, 5.41) is 3.34. The van der Waals surface area contributed by atoms with Gasteiger partial charge < -0.3 is 15.0 Å². The average molecular weight is 379 g/mol. The highest BCUT2D eigenvalue weighted by Crippen LogP contribution is 2.19. The molecule has 2 aromatic rings. The Morgan fingerprint density at radius 3 is 2.50 bits per heavy atom. The highest BCUT2D eigenvalue weighted by molar-refractivity contribution is 5.92. The van der Waals surface area contributed by atoms with E-state index in [9.17, 15) is 9.59 Å². The Morgan fingerprint density at radius 2 is 1.93 bits per heavy atom. The zero-order valence-corrected chi connectivity index (χ0v) is 16.1. The Kier molecular flexibility index (Phi) is 6.55. The summed E-state index contributed by atoms with van der Waals surface area (Å²) in [6, 6.07) is 10.9. The number of rotatable bonds is 6.